The third-order valence-corrected chi connectivity index (χ3v) is 4.95. The molecule has 1 aliphatic carbocycles. The first-order valence-corrected chi connectivity index (χ1v) is 8.72. The molecule has 0 saturated heterocycles. The van der Waals surface area contributed by atoms with Gasteiger partial charge in [0.15, 0.2) is 5.96 Å². The van der Waals surface area contributed by atoms with E-state index in [9.17, 15) is 0 Å². The SMILES string of the molecule is CN=C(NCc1ccn(C)c1)NCC1(c2cccc(Br)c2)CC1.I. The minimum Gasteiger partial charge on any atom is -0.357 e. The van der Waals surface area contributed by atoms with Crippen molar-refractivity contribution in [1.29, 1.82) is 0 Å². The largest absolute Gasteiger partial charge is 0.357 e. The molecule has 1 aliphatic rings. The standard InChI is InChI=1S/C18H23BrN4.HI/c1-20-17(21-11-14-6-9-23(2)12-14)22-13-18(7-8-18)15-4-3-5-16(19)10-15;/h3-6,9-10,12H,7-8,11,13H2,1-2H3,(H2,20,21,22);1H. The normalized spacial score (nSPS) is 15.5. The average Bonchev–Trinajstić information content (AvgIpc) is 3.23. The molecule has 4 nitrogen and oxygen atoms in total. The summed E-state index contributed by atoms with van der Waals surface area (Å²) in [5.74, 6) is 0.857. The van der Waals surface area contributed by atoms with Crippen molar-refractivity contribution in [1.82, 2.24) is 15.2 Å². The van der Waals surface area contributed by atoms with Gasteiger partial charge >= 0.3 is 0 Å². The van der Waals surface area contributed by atoms with E-state index in [1.807, 2.05) is 14.1 Å². The van der Waals surface area contributed by atoms with Crippen LogP contribution in [0.3, 0.4) is 0 Å². The summed E-state index contributed by atoms with van der Waals surface area (Å²) >= 11 is 3.57. The zero-order valence-corrected chi connectivity index (χ0v) is 18.0. The van der Waals surface area contributed by atoms with Crippen molar-refractivity contribution >= 4 is 45.9 Å². The lowest BCUT2D eigenvalue weighted by Gasteiger charge is -2.19. The molecule has 1 heterocycles. The Morgan fingerprint density at radius 2 is 2.08 bits per heavy atom. The van der Waals surface area contributed by atoms with Gasteiger partial charge in [0, 0.05) is 49.5 Å². The summed E-state index contributed by atoms with van der Waals surface area (Å²) < 4.78 is 3.20. The maximum atomic E-state index is 4.33. The van der Waals surface area contributed by atoms with Crippen LogP contribution in [0, 0.1) is 0 Å². The van der Waals surface area contributed by atoms with E-state index in [0.717, 1.165) is 23.5 Å². The van der Waals surface area contributed by atoms with Crippen LogP contribution in [0.4, 0.5) is 0 Å². The molecule has 6 heteroatoms. The number of hydrogen-bond donors (Lipinski definition) is 2. The number of aliphatic imine (C=N–C) groups is 1. The highest BCUT2D eigenvalue weighted by Crippen LogP contribution is 2.48. The van der Waals surface area contributed by atoms with Crippen molar-refractivity contribution in [3.8, 4) is 0 Å². The van der Waals surface area contributed by atoms with Gasteiger partial charge in [-0.25, -0.2) is 0 Å². The van der Waals surface area contributed by atoms with Crippen LogP contribution in [0.1, 0.15) is 24.0 Å². The molecule has 1 fully saturated rings. The van der Waals surface area contributed by atoms with Crippen LogP contribution in [0.15, 0.2) is 52.2 Å². The van der Waals surface area contributed by atoms with Crippen molar-refractivity contribution in [2.75, 3.05) is 13.6 Å². The second-order valence-corrected chi connectivity index (χ2v) is 7.17. The third kappa shape index (κ3) is 4.75. The fourth-order valence-corrected chi connectivity index (χ4v) is 3.26. The topological polar surface area (TPSA) is 41.4 Å². The lowest BCUT2D eigenvalue weighted by molar-refractivity contribution is 0.645. The van der Waals surface area contributed by atoms with Gasteiger partial charge in [-0.15, -0.1) is 24.0 Å². The lowest BCUT2D eigenvalue weighted by Crippen LogP contribution is -2.40. The molecule has 0 amide bonds. The minimum atomic E-state index is 0. The van der Waals surface area contributed by atoms with Gasteiger partial charge in [-0.2, -0.15) is 0 Å². The van der Waals surface area contributed by atoms with Crippen molar-refractivity contribution in [3.63, 3.8) is 0 Å². The van der Waals surface area contributed by atoms with E-state index in [2.05, 4.69) is 78.8 Å². The van der Waals surface area contributed by atoms with Gasteiger partial charge in [-0.05, 0) is 42.2 Å². The van der Waals surface area contributed by atoms with Gasteiger partial charge in [0.05, 0.1) is 0 Å². The van der Waals surface area contributed by atoms with E-state index in [0.29, 0.717) is 0 Å². The Morgan fingerprint density at radius 1 is 1.29 bits per heavy atom. The van der Waals surface area contributed by atoms with Gasteiger partial charge in [0.25, 0.3) is 0 Å². The highest BCUT2D eigenvalue weighted by molar-refractivity contribution is 14.0. The summed E-state index contributed by atoms with van der Waals surface area (Å²) in [5, 5.41) is 6.86. The molecule has 1 saturated carbocycles. The van der Waals surface area contributed by atoms with Crippen molar-refractivity contribution in [3.05, 3.63) is 58.3 Å². The number of nitrogens with one attached hydrogen (secondary N) is 2. The smallest absolute Gasteiger partial charge is 0.191 e. The summed E-state index contributed by atoms with van der Waals surface area (Å²) in [4.78, 5) is 4.33. The molecule has 0 aliphatic heterocycles. The van der Waals surface area contributed by atoms with Crippen molar-refractivity contribution < 1.29 is 0 Å². The first-order chi connectivity index (χ1) is 11.1. The lowest BCUT2D eigenvalue weighted by atomic mass is 9.96. The number of halogens is 2. The average molecular weight is 503 g/mol. The number of aryl methyl sites for hydroxylation is 1. The second kappa shape index (κ2) is 8.38. The van der Waals surface area contributed by atoms with Crippen LogP contribution >= 0.6 is 39.9 Å². The zero-order chi connectivity index (χ0) is 16.3. The van der Waals surface area contributed by atoms with Crippen LogP contribution in [-0.2, 0) is 19.0 Å². The first kappa shape index (κ1) is 19.3. The fourth-order valence-electron chi connectivity index (χ4n) is 2.86. The molecule has 130 valence electrons. The van der Waals surface area contributed by atoms with Gasteiger partial charge in [0.1, 0.15) is 0 Å². The third-order valence-electron chi connectivity index (χ3n) is 4.46. The van der Waals surface area contributed by atoms with Crippen LogP contribution < -0.4 is 10.6 Å². The monoisotopic (exact) mass is 502 g/mol. The van der Waals surface area contributed by atoms with Crippen LogP contribution in [0.2, 0.25) is 0 Å². The van der Waals surface area contributed by atoms with E-state index in [1.54, 1.807) is 0 Å². The van der Waals surface area contributed by atoms with Crippen LogP contribution in [0.25, 0.3) is 0 Å². The van der Waals surface area contributed by atoms with Crippen LogP contribution in [0.5, 0.6) is 0 Å². The number of rotatable bonds is 5. The number of aromatic nitrogens is 1. The van der Waals surface area contributed by atoms with Gasteiger partial charge in [-0.3, -0.25) is 4.99 Å². The quantitative estimate of drug-likeness (QED) is 0.371. The Kier molecular flexibility index (Phi) is 6.74. The molecule has 0 spiro atoms. The Morgan fingerprint density at radius 3 is 2.67 bits per heavy atom. The fraction of sp³-hybridized carbons (Fsp3) is 0.389. The van der Waals surface area contributed by atoms with Gasteiger partial charge in [0.2, 0.25) is 0 Å². The molecule has 2 aromatic rings. The van der Waals surface area contributed by atoms with Gasteiger partial charge < -0.3 is 15.2 Å². The van der Waals surface area contributed by atoms with E-state index in [-0.39, 0.29) is 29.4 Å². The zero-order valence-electron chi connectivity index (χ0n) is 14.1. The highest BCUT2D eigenvalue weighted by atomic mass is 127. The molecule has 1 aromatic carbocycles. The number of benzene rings is 1. The number of nitrogens with zero attached hydrogens (tertiary/aromatic N) is 2. The molecule has 2 N–H and O–H groups in total. The molecule has 0 radical (unpaired) electrons. The summed E-state index contributed by atoms with van der Waals surface area (Å²) in [5.41, 5.74) is 2.91. The number of hydrogen-bond acceptors (Lipinski definition) is 1. The summed E-state index contributed by atoms with van der Waals surface area (Å²) in [6, 6.07) is 10.8. The highest BCUT2D eigenvalue weighted by Gasteiger charge is 2.44. The van der Waals surface area contributed by atoms with Crippen molar-refractivity contribution in [2.24, 2.45) is 12.0 Å². The molecular weight excluding hydrogens is 479 g/mol. The Bertz CT molecular complexity index is 707. The minimum absolute atomic E-state index is 0. The molecular formula is C18H24BrIN4. The Balaban J connectivity index is 0.00000208. The Labute approximate surface area is 169 Å². The van der Waals surface area contributed by atoms with Gasteiger partial charge in [-0.1, -0.05) is 28.1 Å². The molecule has 0 bridgehead atoms. The van der Waals surface area contributed by atoms with E-state index in [1.165, 1.54) is 24.0 Å². The Hall–Kier alpha value is -1.02. The summed E-state index contributed by atoms with van der Waals surface area (Å²) in [6.45, 7) is 1.70. The van der Waals surface area contributed by atoms with Crippen LogP contribution in [-0.4, -0.2) is 24.1 Å². The molecule has 1 aromatic heterocycles. The van der Waals surface area contributed by atoms with Crippen molar-refractivity contribution in [2.45, 2.75) is 24.8 Å². The second-order valence-electron chi connectivity index (χ2n) is 6.26. The predicted octanol–water partition coefficient (Wildman–Crippen LogP) is 3.80. The molecule has 3 rings (SSSR count). The molecule has 0 atom stereocenters. The van der Waals surface area contributed by atoms with E-state index >= 15 is 0 Å². The predicted molar refractivity (Wildman–Crippen MR) is 114 cm³/mol. The number of guanidine groups is 1. The van der Waals surface area contributed by atoms with E-state index < -0.39 is 0 Å². The first-order valence-electron chi connectivity index (χ1n) is 7.93. The molecule has 0 unspecified atom stereocenters. The maximum Gasteiger partial charge on any atom is 0.191 e. The van der Waals surface area contributed by atoms with E-state index in [4.69, 9.17) is 0 Å². The maximum absolute atomic E-state index is 4.33. The summed E-state index contributed by atoms with van der Waals surface area (Å²) in [7, 11) is 3.85. The summed E-state index contributed by atoms with van der Waals surface area (Å²) in [6.07, 6.45) is 6.63. The molecule has 24 heavy (non-hydrogen) atoms.